The van der Waals surface area contributed by atoms with Gasteiger partial charge in [-0.25, -0.2) is 0 Å². The molecule has 1 amide bonds. The van der Waals surface area contributed by atoms with Crippen molar-refractivity contribution >= 4 is 12.0 Å². The molecule has 1 aromatic rings. The van der Waals surface area contributed by atoms with E-state index in [1.54, 1.807) is 30.9 Å². The fraction of sp³-hybridized carbons (Fsp3) is 0.611. The van der Waals surface area contributed by atoms with Crippen LogP contribution in [0.3, 0.4) is 0 Å². The third-order valence-electron chi connectivity index (χ3n) is 4.86. The third kappa shape index (κ3) is 3.12. The molecule has 0 aromatic carbocycles. The van der Waals surface area contributed by atoms with E-state index in [1.165, 1.54) is 6.42 Å². The Morgan fingerprint density at radius 2 is 2.18 bits per heavy atom. The highest BCUT2D eigenvalue weighted by Gasteiger charge is 2.38. The van der Waals surface area contributed by atoms with E-state index < -0.39 is 5.60 Å². The van der Waals surface area contributed by atoms with Crippen molar-refractivity contribution in [3.8, 4) is 0 Å². The maximum atomic E-state index is 12.4. The van der Waals surface area contributed by atoms with Crippen LogP contribution in [-0.4, -0.2) is 34.1 Å². The van der Waals surface area contributed by atoms with Gasteiger partial charge in [-0.15, -0.1) is 0 Å². The second-order valence-corrected chi connectivity index (χ2v) is 7.24. The Labute approximate surface area is 131 Å². The molecule has 3 unspecified atom stereocenters. The summed E-state index contributed by atoms with van der Waals surface area (Å²) >= 11 is 0. The molecule has 2 aliphatic rings. The van der Waals surface area contributed by atoms with Crippen LogP contribution in [0.4, 0.5) is 0 Å². The summed E-state index contributed by atoms with van der Waals surface area (Å²) in [5.74, 6) is 2.96. The lowest BCUT2D eigenvalue weighted by Crippen LogP contribution is -2.47. The van der Waals surface area contributed by atoms with E-state index >= 15 is 0 Å². The predicted molar refractivity (Wildman–Crippen MR) is 85.3 cm³/mol. The van der Waals surface area contributed by atoms with E-state index in [9.17, 15) is 9.90 Å². The van der Waals surface area contributed by atoms with E-state index in [-0.39, 0.29) is 11.9 Å². The summed E-state index contributed by atoms with van der Waals surface area (Å²) in [6.07, 6.45) is 6.28. The Morgan fingerprint density at radius 1 is 1.45 bits per heavy atom. The fourth-order valence-corrected chi connectivity index (χ4v) is 3.39. The van der Waals surface area contributed by atoms with Gasteiger partial charge >= 0.3 is 0 Å². The quantitative estimate of drug-likeness (QED) is 0.869. The molecular formula is C18H25NO3. The Kier molecular flexibility index (Phi) is 3.89. The van der Waals surface area contributed by atoms with E-state index in [0.717, 1.165) is 24.4 Å². The molecule has 4 heteroatoms. The number of hydrogen-bond donors (Lipinski definition) is 1. The SMILES string of the molecule is CC1CC1c1ccc(/C=C/C(=O)N2CCCC2C(C)(C)O)o1. The van der Waals surface area contributed by atoms with Crippen LogP contribution < -0.4 is 0 Å². The van der Waals surface area contributed by atoms with Gasteiger partial charge in [0, 0.05) is 18.5 Å². The molecular weight excluding hydrogens is 278 g/mol. The summed E-state index contributed by atoms with van der Waals surface area (Å²) in [5.41, 5.74) is -0.861. The highest BCUT2D eigenvalue weighted by atomic mass is 16.3. The summed E-state index contributed by atoms with van der Waals surface area (Å²) in [5, 5.41) is 10.2. The number of carbonyl (C=O) groups is 1. The Bertz CT molecular complexity index is 581. The molecule has 1 aliphatic heterocycles. The van der Waals surface area contributed by atoms with Gasteiger partial charge in [-0.05, 0) is 57.2 Å². The molecule has 1 aromatic heterocycles. The van der Waals surface area contributed by atoms with Crippen molar-refractivity contribution in [2.24, 2.45) is 5.92 Å². The van der Waals surface area contributed by atoms with E-state index in [0.29, 0.717) is 18.4 Å². The second kappa shape index (κ2) is 5.58. The van der Waals surface area contributed by atoms with Crippen molar-refractivity contribution in [3.63, 3.8) is 0 Å². The van der Waals surface area contributed by atoms with Crippen LogP contribution in [0, 0.1) is 5.92 Å². The topological polar surface area (TPSA) is 53.7 Å². The monoisotopic (exact) mass is 303 g/mol. The molecule has 1 saturated carbocycles. The molecule has 0 spiro atoms. The van der Waals surface area contributed by atoms with E-state index in [1.807, 2.05) is 12.1 Å². The van der Waals surface area contributed by atoms with Crippen molar-refractivity contribution in [1.29, 1.82) is 0 Å². The van der Waals surface area contributed by atoms with Crippen LogP contribution in [0.1, 0.15) is 57.5 Å². The number of aliphatic hydroxyl groups is 1. The number of amides is 1. The molecule has 1 saturated heterocycles. The first-order valence-electron chi connectivity index (χ1n) is 8.17. The van der Waals surface area contributed by atoms with Crippen molar-refractivity contribution in [2.45, 2.75) is 57.6 Å². The minimum Gasteiger partial charge on any atom is -0.461 e. The summed E-state index contributed by atoms with van der Waals surface area (Å²) in [6, 6.07) is 3.82. The summed E-state index contributed by atoms with van der Waals surface area (Å²) < 4.78 is 5.78. The maximum absolute atomic E-state index is 12.4. The van der Waals surface area contributed by atoms with Crippen LogP contribution in [0.2, 0.25) is 0 Å². The molecule has 1 N–H and O–H groups in total. The van der Waals surface area contributed by atoms with Gasteiger partial charge in [0.2, 0.25) is 5.91 Å². The Balaban J connectivity index is 1.64. The first-order chi connectivity index (χ1) is 10.4. The lowest BCUT2D eigenvalue weighted by atomic mass is 9.96. The van der Waals surface area contributed by atoms with Crippen molar-refractivity contribution in [3.05, 3.63) is 29.7 Å². The van der Waals surface area contributed by atoms with Gasteiger partial charge in [0.15, 0.2) is 0 Å². The van der Waals surface area contributed by atoms with E-state index in [4.69, 9.17) is 4.42 Å². The highest BCUT2D eigenvalue weighted by molar-refractivity contribution is 5.91. The average Bonchev–Trinajstić information content (AvgIpc) is 2.90. The van der Waals surface area contributed by atoms with Crippen LogP contribution in [0.15, 0.2) is 22.6 Å². The highest BCUT2D eigenvalue weighted by Crippen LogP contribution is 2.47. The van der Waals surface area contributed by atoms with Gasteiger partial charge in [-0.2, -0.15) is 0 Å². The lowest BCUT2D eigenvalue weighted by molar-refractivity contribution is -0.131. The molecule has 3 rings (SSSR count). The van der Waals surface area contributed by atoms with E-state index in [2.05, 4.69) is 6.92 Å². The van der Waals surface area contributed by atoms with Crippen molar-refractivity contribution in [1.82, 2.24) is 4.90 Å². The summed E-state index contributed by atoms with van der Waals surface area (Å²) in [7, 11) is 0. The molecule has 0 bridgehead atoms. The van der Waals surface area contributed by atoms with Crippen LogP contribution in [-0.2, 0) is 4.79 Å². The fourth-order valence-electron chi connectivity index (χ4n) is 3.39. The molecule has 120 valence electrons. The van der Waals surface area contributed by atoms with Crippen LogP contribution in [0.25, 0.3) is 6.08 Å². The van der Waals surface area contributed by atoms with Gasteiger partial charge < -0.3 is 14.4 Å². The van der Waals surface area contributed by atoms with Gasteiger partial charge in [0.1, 0.15) is 11.5 Å². The largest absolute Gasteiger partial charge is 0.461 e. The number of furan rings is 1. The zero-order valence-corrected chi connectivity index (χ0v) is 13.6. The number of likely N-dealkylation sites (tertiary alicyclic amines) is 1. The Morgan fingerprint density at radius 3 is 2.82 bits per heavy atom. The molecule has 4 nitrogen and oxygen atoms in total. The van der Waals surface area contributed by atoms with Gasteiger partial charge in [0.05, 0.1) is 11.6 Å². The number of carbonyl (C=O) groups excluding carboxylic acids is 1. The third-order valence-corrected chi connectivity index (χ3v) is 4.86. The smallest absolute Gasteiger partial charge is 0.247 e. The molecule has 0 radical (unpaired) electrons. The first kappa shape index (κ1) is 15.3. The van der Waals surface area contributed by atoms with Gasteiger partial charge in [0.25, 0.3) is 0 Å². The molecule has 3 atom stereocenters. The summed E-state index contributed by atoms with van der Waals surface area (Å²) in [6.45, 7) is 6.46. The van der Waals surface area contributed by atoms with Crippen LogP contribution >= 0.6 is 0 Å². The molecule has 22 heavy (non-hydrogen) atoms. The predicted octanol–water partition coefficient (Wildman–Crippen LogP) is 3.18. The van der Waals surface area contributed by atoms with Gasteiger partial charge in [-0.1, -0.05) is 6.92 Å². The lowest BCUT2D eigenvalue weighted by Gasteiger charge is -2.33. The van der Waals surface area contributed by atoms with Crippen molar-refractivity contribution in [2.75, 3.05) is 6.54 Å². The minimum atomic E-state index is -0.861. The first-order valence-corrected chi connectivity index (χ1v) is 8.17. The normalized spacial score (nSPS) is 28.5. The zero-order chi connectivity index (χ0) is 15.9. The number of nitrogens with zero attached hydrogens (tertiary/aromatic N) is 1. The molecule has 2 fully saturated rings. The maximum Gasteiger partial charge on any atom is 0.247 e. The Hall–Kier alpha value is -1.55. The standard InChI is InChI=1S/C18H25NO3/c1-12-11-14(12)15-8-6-13(22-15)7-9-17(20)19-10-4-5-16(19)18(2,3)21/h6-9,12,14,16,21H,4-5,10-11H2,1-3H3/b9-7+. The zero-order valence-electron chi connectivity index (χ0n) is 13.6. The minimum absolute atomic E-state index is 0.0534. The summed E-state index contributed by atoms with van der Waals surface area (Å²) in [4.78, 5) is 14.1. The second-order valence-electron chi connectivity index (χ2n) is 7.24. The molecule has 1 aliphatic carbocycles. The molecule has 2 heterocycles. The van der Waals surface area contributed by atoms with Gasteiger partial charge in [-0.3, -0.25) is 4.79 Å². The number of rotatable bonds is 4. The number of hydrogen-bond acceptors (Lipinski definition) is 3. The van der Waals surface area contributed by atoms with Crippen molar-refractivity contribution < 1.29 is 14.3 Å². The average molecular weight is 303 g/mol. The van der Waals surface area contributed by atoms with Crippen LogP contribution in [0.5, 0.6) is 0 Å².